The molecule has 2 fully saturated rings. The van der Waals surface area contributed by atoms with Crippen molar-refractivity contribution in [2.75, 3.05) is 13.2 Å². The molecule has 8 nitrogen and oxygen atoms in total. The van der Waals surface area contributed by atoms with E-state index in [1.54, 1.807) is 6.33 Å². The van der Waals surface area contributed by atoms with Crippen LogP contribution in [0.2, 0.25) is 0 Å². The Morgan fingerprint density at radius 2 is 2.27 bits per heavy atom. The number of amides is 2. The number of hydrogen-bond donors (Lipinski definition) is 2. The van der Waals surface area contributed by atoms with Crippen molar-refractivity contribution in [3.63, 3.8) is 0 Å². The van der Waals surface area contributed by atoms with Crippen LogP contribution in [0.3, 0.4) is 0 Å². The fourth-order valence-electron chi connectivity index (χ4n) is 3.00. The van der Waals surface area contributed by atoms with Crippen molar-refractivity contribution in [1.82, 2.24) is 25.4 Å². The first-order chi connectivity index (χ1) is 10.7. The summed E-state index contributed by atoms with van der Waals surface area (Å²) in [5.74, 6) is 0.364. The molecule has 2 amide bonds. The van der Waals surface area contributed by atoms with Gasteiger partial charge in [0.2, 0.25) is 0 Å². The first kappa shape index (κ1) is 15.2. The topological polar surface area (TPSA) is 90.3 Å². The monoisotopic (exact) mass is 309 g/mol. The van der Waals surface area contributed by atoms with Crippen LogP contribution in [-0.2, 0) is 22.6 Å². The molecule has 2 heterocycles. The molecule has 1 aliphatic carbocycles. The number of urea groups is 1. The molecule has 122 valence electrons. The Morgan fingerprint density at radius 3 is 3.05 bits per heavy atom. The van der Waals surface area contributed by atoms with E-state index in [1.807, 2.05) is 11.5 Å². The first-order valence-electron chi connectivity index (χ1n) is 7.91. The van der Waals surface area contributed by atoms with E-state index in [2.05, 4.69) is 20.8 Å². The van der Waals surface area contributed by atoms with Gasteiger partial charge in [-0.15, -0.1) is 10.2 Å². The summed E-state index contributed by atoms with van der Waals surface area (Å²) in [6, 6.07) is -0.235. The standard InChI is InChI=1S/C14H23N5O3/c1-2-19-10-17-18-12(19)8-16-13(20)15-7-11-9-21-14(22-11)5-3-4-6-14/h10-11H,2-9H2,1H3,(H2,15,16,20)/t11-/m0/s1. The first-order valence-corrected chi connectivity index (χ1v) is 7.91. The zero-order valence-corrected chi connectivity index (χ0v) is 12.9. The van der Waals surface area contributed by atoms with Crippen molar-refractivity contribution in [3.05, 3.63) is 12.2 Å². The molecule has 1 saturated carbocycles. The van der Waals surface area contributed by atoms with Crippen molar-refractivity contribution in [2.24, 2.45) is 0 Å². The summed E-state index contributed by atoms with van der Waals surface area (Å²) >= 11 is 0. The third-order valence-corrected chi connectivity index (χ3v) is 4.21. The molecule has 0 bridgehead atoms. The van der Waals surface area contributed by atoms with Gasteiger partial charge < -0.3 is 24.7 Å². The highest BCUT2D eigenvalue weighted by atomic mass is 16.7. The van der Waals surface area contributed by atoms with Crippen LogP contribution in [0.15, 0.2) is 6.33 Å². The summed E-state index contributed by atoms with van der Waals surface area (Å²) in [6.45, 7) is 4.13. The smallest absolute Gasteiger partial charge is 0.315 e. The number of hydrogen-bond acceptors (Lipinski definition) is 5. The Morgan fingerprint density at radius 1 is 1.45 bits per heavy atom. The largest absolute Gasteiger partial charge is 0.347 e. The Hall–Kier alpha value is -1.67. The van der Waals surface area contributed by atoms with Gasteiger partial charge in [-0.05, 0) is 19.8 Å². The maximum Gasteiger partial charge on any atom is 0.315 e. The maximum atomic E-state index is 11.8. The minimum absolute atomic E-state index is 0.0665. The number of aryl methyl sites for hydroxylation is 1. The number of carbonyl (C=O) groups is 1. The molecule has 1 aromatic rings. The van der Waals surface area contributed by atoms with Gasteiger partial charge in [0.1, 0.15) is 12.4 Å². The number of carbonyl (C=O) groups excluding carboxylic acids is 1. The van der Waals surface area contributed by atoms with Crippen LogP contribution < -0.4 is 10.6 Å². The van der Waals surface area contributed by atoms with E-state index in [-0.39, 0.29) is 17.9 Å². The highest BCUT2D eigenvalue weighted by molar-refractivity contribution is 5.73. The summed E-state index contributed by atoms with van der Waals surface area (Å²) in [6.07, 6.45) is 5.81. The minimum atomic E-state index is -0.375. The van der Waals surface area contributed by atoms with Crippen molar-refractivity contribution in [3.8, 4) is 0 Å². The van der Waals surface area contributed by atoms with Crippen LogP contribution >= 0.6 is 0 Å². The van der Waals surface area contributed by atoms with Gasteiger partial charge in [0.05, 0.1) is 13.2 Å². The normalized spacial score (nSPS) is 23.0. The fourth-order valence-corrected chi connectivity index (χ4v) is 3.00. The molecule has 1 saturated heterocycles. The molecule has 8 heteroatoms. The molecule has 1 aliphatic heterocycles. The lowest BCUT2D eigenvalue weighted by Gasteiger charge is -2.21. The van der Waals surface area contributed by atoms with E-state index in [4.69, 9.17) is 9.47 Å². The van der Waals surface area contributed by atoms with Gasteiger partial charge in [-0.3, -0.25) is 0 Å². The van der Waals surface area contributed by atoms with E-state index in [9.17, 15) is 4.79 Å². The average Bonchev–Trinajstić information content (AvgIpc) is 3.25. The molecule has 22 heavy (non-hydrogen) atoms. The van der Waals surface area contributed by atoms with Crippen molar-refractivity contribution < 1.29 is 14.3 Å². The minimum Gasteiger partial charge on any atom is -0.347 e. The molecule has 0 aromatic carbocycles. The van der Waals surface area contributed by atoms with E-state index >= 15 is 0 Å². The lowest BCUT2D eigenvalue weighted by Crippen LogP contribution is -2.41. The third-order valence-electron chi connectivity index (χ3n) is 4.21. The number of aromatic nitrogens is 3. The van der Waals surface area contributed by atoms with E-state index in [0.717, 1.165) is 38.1 Å². The van der Waals surface area contributed by atoms with Gasteiger partial charge in [-0.2, -0.15) is 0 Å². The Labute approximate surface area is 129 Å². The summed E-state index contributed by atoms with van der Waals surface area (Å²) in [5.41, 5.74) is 0. The van der Waals surface area contributed by atoms with Gasteiger partial charge in [0.25, 0.3) is 0 Å². The van der Waals surface area contributed by atoms with Crippen LogP contribution in [0.1, 0.15) is 38.4 Å². The summed E-state index contributed by atoms with van der Waals surface area (Å²) in [5, 5.41) is 13.4. The van der Waals surface area contributed by atoms with Crippen molar-refractivity contribution in [1.29, 1.82) is 0 Å². The quantitative estimate of drug-likeness (QED) is 0.839. The van der Waals surface area contributed by atoms with Crippen LogP contribution in [0.4, 0.5) is 4.79 Å². The maximum absolute atomic E-state index is 11.8. The molecule has 3 rings (SSSR count). The highest BCUT2D eigenvalue weighted by Crippen LogP contribution is 2.38. The SMILES string of the molecule is CCn1cnnc1CNC(=O)NC[C@H]1COC2(CCCC2)O1. The van der Waals surface area contributed by atoms with Crippen LogP contribution in [0.25, 0.3) is 0 Å². The lowest BCUT2D eigenvalue weighted by molar-refractivity contribution is -0.160. The second-order valence-electron chi connectivity index (χ2n) is 5.77. The van der Waals surface area contributed by atoms with Crippen molar-refractivity contribution in [2.45, 2.75) is 57.6 Å². The molecule has 0 radical (unpaired) electrons. The van der Waals surface area contributed by atoms with Crippen LogP contribution in [0.5, 0.6) is 0 Å². The lowest BCUT2D eigenvalue weighted by atomic mass is 10.2. The van der Waals surface area contributed by atoms with Crippen LogP contribution in [-0.4, -0.2) is 45.8 Å². The average molecular weight is 309 g/mol. The predicted molar refractivity (Wildman–Crippen MR) is 78.0 cm³/mol. The number of ether oxygens (including phenoxy) is 2. The number of nitrogens with one attached hydrogen (secondary N) is 2. The van der Waals surface area contributed by atoms with E-state index in [1.165, 1.54) is 0 Å². The van der Waals surface area contributed by atoms with Gasteiger partial charge >= 0.3 is 6.03 Å². The Kier molecular flexibility index (Phi) is 4.58. The van der Waals surface area contributed by atoms with Crippen molar-refractivity contribution >= 4 is 6.03 Å². The predicted octanol–water partition coefficient (Wildman–Crippen LogP) is 0.783. The second-order valence-corrected chi connectivity index (χ2v) is 5.77. The summed E-state index contributed by atoms with van der Waals surface area (Å²) in [7, 11) is 0. The molecule has 1 aromatic heterocycles. The van der Waals surface area contributed by atoms with Gasteiger partial charge in [-0.25, -0.2) is 4.79 Å². The summed E-state index contributed by atoms with van der Waals surface area (Å²) in [4.78, 5) is 11.8. The van der Waals surface area contributed by atoms with E-state index < -0.39 is 0 Å². The van der Waals surface area contributed by atoms with E-state index in [0.29, 0.717) is 19.7 Å². The molecule has 2 aliphatic rings. The van der Waals surface area contributed by atoms with Gasteiger partial charge in [0.15, 0.2) is 11.6 Å². The molecule has 1 atom stereocenters. The number of rotatable bonds is 5. The molecule has 1 spiro atoms. The zero-order chi connectivity index (χ0) is 15.4. The fraction of sp³-hybridized carbons (Fsp3) is 0.786. The highest BCUT2D eigenvalue weighted by Gasteiger charge is 2.43. The molecule has 0 unspecified atom stereocenters. The zero-order valence-electron chi connectivity index (χ0n) is 12.9. The van der Waals surface area contributed by atoms with Gasteiger partial charge in [-0.1, -0.05) is 0 Å². The van der Waals surface area contributed by atoms with Gasteiger partial charge in [0, 0.05) is 25.9 Å². The third kappa shape index (κ3) is 3.38. The van der Waals surface area contributed by atoms with Crippen LogP contribution in [0, 0.1) is 0 Å². The summed E-state index contributed by atoms with van der Waals surface area (Å²) < 4.78 is 13.6. The molecular formula is C14H23N5O3. The molecular weight excluding hydrogens is 286 g/mol. The number of nitrogens with zero attached hydrogens (tertiary/aromatic N) is 3. The second kappa shape index (κ2) is 6.62. The molecule has 2 N–H and O–H groups in total. The Bertz CT molecular complexity index is 512. The Balaban J connectivity index is 1.38.